The molecule has 1 aromatic rings. The molecule has 1 saturated heterocycles. The van der Waals surface area contributed by atoms with Crippen LogP contribution in [0.25, 0.3) is 0 Å². The van der Waals surface area contributed by atoms with Crippen molar-refractivity contribution in [3.8, 4) is 0 Å². The number of urea groups is 1. The monoisotopic (exact) mass is 319 g/mol. The van der Waals surface area contributed by atoms with E-state index in [9.17, 15) is 9.90 Å². The standard InChI is InChI=1S/C18H29N3O2/c1-14(2)21-9-5-6-15(12-21)10-19-18(23)20-11-16-7-3-4-8-17(16)13-22/h3-4,7-8,14-15,22H,5-6,9-13H2,1-2H3,(H2,19,20,23). The van der Waals surface area contributed by atoms with Gasteiger partial charge in [-0.15, -0.1) is 0 Å². The van der Waals surface area contributed by atoms with Gasteiger partial charge in [0.25, 0.3) is 0 Å². The molecule has 0 spiro atoms. The number of benzene rings is 1. The second-order valence-electron chi connectivity index (χ2n) is 6.59. The molecule has 5 nitrogen and oxygen atoms in total. The van der Waals surface area contributed by atoms with Gasteiger partial charge in [-0.3, -0.25) is 0 Å². The first-order chi connectivity index (χ1) is 11.1. The summed E-state index contributed by atoms with van der Waals surface area (Å²) in [4.78, 5) is 14.5. The van der Waals surface area contributed by atoms with Crippen molar-refractivity contribution >= 4 is 6.03 Å². The van der Waals surface area contributed by atoms with E-state index in [4.69, 9.17) is 0 Å². The first kappa shape index (κ1) is 17.8. The summed E-state index contributed by atoms with van der Waals surface area (Å²) in [7, 11) is 0. The zero-order valence-corrected chi connectivity index (χ0v) is 14.2. The second-order valence-corrected chi connectivity index (χ2v) is 6.59. The summed E-state index contributed by atoms with van der Waals surface area (Å²) in [5.74, 6) is 0.529. The van der Waals surface area contributed by atoms with Gasteiger partial charge >= 0.3 is 6.03 Å². The van der Waals surface area contributed by atoms with E-state index in [2.05, 4.69) is 29.4 Å². The minimum absolute atomic E-state index is 0.00736. The summed E-state index contributed by atoms with van der Waals surface area (Å²) in [5, 5.41) is 15.1. The Morgan fingerprint density at radius 1 is 1.30 bits per heavy atom. The zero-order valence-electron chi connectivity index (χ0n) is 14.2. The lowest BCUT2D eigenvalue weighted by molar-refractivity contribution is 0.139. The molecule has 2 amide bonds. The maximum Gasteiger partial charge on any atom is 0.315 e. The molecule has 3 N–H and O–H groups in total. The number of aliphatic hydroxyl groups excluding tert-OH is 1. The number of carbonyl (C=O) groups excluding carboxylic acids is 1. The number of nitrogens with zero attached hydrogens (tertiary/aromatic N) is 1. The molecule has 1 aliphatic heterocycles. The maximum absolute atomic E-state index is 12.0. The number of carbonyl (C=O) groups is 1. The van der Waals surface area contributed by atoms with Crippen LogP contribution < -0.4 is 10.6 Å². The fraction of sp³-hybridized carbons (Fsp3) is 0.611. The highest BCUT2D eigenvalue weighted by Gasteiger charge is 2.21. The Hall–Kier alpha value is -1.59. The average molecular weight is 319 g/mol. The summed E-state index contributed by atoms with van der Waals surface area (Å²) >= 11 is 0. The van der Waals surface area contributed by atoms with Crippen LogP contribution in [0.1, 0.15) is 37.8 Å². The number of amides is 2. The SMILES string of the molecule is CC(C)N1CCCC(CNC(=O)NCc2ccccc2CO)C1. The van der Waals surface area contributed by atoms with Crippen LogP contribution in [0.2, 0.25) is 0 Å². The Bertz CT molecular complexity index is 505. The van der Waals surface area contributed by atoms with Crippen molar-refractivity contribution in [2.45, 2.75) is 45.9 Å². The van der Waals surface area contributed by atoms with Gasteiger partial charge in [-0.2, -0.15) is 0 Å². The molecule has 2 rings (SSSR count). The third-order valence-electron chi connectivity index (χ3n) is 4.56. The minimum Gasteiger partial charge on any atom is -0.392 e. The van der Waals surface area contributed by atoms with Crippen LogP contribution in [0.15, 0.2) is 24.3 Å². The quantitative estimate of drug-likeness (QED) is 0.752. The molecule has 0 saturated carbocycles. The molecule has 0 aliphatic carbocycles. The van der Waals surface area contributed by atoms with Gasteiger partial charge in [-0.05, 0) is 50.3 Å². The molecular formula is C18H29N3O2. The highest BCUT2D eigenvalue weighted by molar-refractivity contribution is 5.73. The van der Waals surface area contributed by atoms with E-state index < -0.39 is 0 Å². The van der Waals surface area contributed by atoms with Gasteiger partial charge in [0.1, 0.15) is 0 Å². The van der Waals surface area contributed by atoms with Crippen LogP contribution in [-0.2, 0) is 13.2 Å². The van der Waals surface area contributed by atoms with Gasteiger partial charge in [0, 0.05) is 25.7 Å². The smallest absolute Gasteiger partial charge is 0.315 e. The summed E-state index contributed by atoms with van der Waals surface area (Å²) in [6.45, 7) is 7.82. The third kappa shape index (κ3) is 5.52. The minimum atomic E-state index is -0.139. The molecule has 128 valence electrons. The van der Waals surface area contributed by atoms with E-state index in [1.807, 2.05) is 24.3 Å². The first-order valence-electron chi connectivity index (χ1n) is 8.53. The number of aliphatic hydroxyl groups is 1. The number of rotatable bonds is 6. The van der Waals surface area contributed by atoms with Crippen molar-refractivity contribution in [2.75, 3.05) is 19.6 Å². The Balaban J connectivity index is 1.73. The molecule has 0 aromatic heterocycles. The Morgan fingerprint density at radius 2 is 2.04 bits per heavy atom. The van der Waals surface area contributed by atoms with Crippen LogP contribution in [0.5, 0.6) is 0 Å². The summed E-state index contributed by atoms with van der Waals surface area (Å²) in [6.07, 6.45) is 2.38. The van der Waals surface area contributed by atoms with Crippen LogP contribution in [0.3, 0.4) is 0 Å². The predicted octanol–water partition coefficient (Wildman–Crippen LogP) is 2.10. The van der Waals surface area contributed by atoms with Crippen molar-refractivity contribution in [3.63, 3.8) is 0 Å². The third-order valence-corrected chi connectivity index (χ3v) is 4.56. The number of nitrogens with one attached hydrogen (secondary N) is 2. The topological polar surface area (TPSA) is 64.6 Å². The predicted molar refractivity (Wildman–Crippen MR) is 92.0 cm³/mol. The Labute approximate surface area is 139 Å². The van der Waals surface area contributed by atoms with Crippen molar-refractivity contribution in [1.29, 1.82) is 0 Å². The Kier molecular flexibility index (Phi) is 6.86. The van der Waals surface area contributed by atoms with E-state index in [0.29, 0.717) is 18.5 Å². The lowest BCUT2D eigenvalue weighted by Crippen LogP contribution is -2.45. The van der Waals surface area contributed by atoms with Gasteiger partial charge in [0.05, 0.1) is 6.61 Å². The molecule has 23 heavy (non-hydrogen) atoms. The molecule has 1 aliphatic rings. The largest absolute Gasteiger partial charge is 0.392 e. The van der Waals surface area contributed by atoms with Crippen LogP contribution >= 0.6 is 0 Å². The first-order valence-corrected chi connectivity index (χ1v) is 8.53. The molecule has 1 heterocycles. The van der Waals surface area contributed by atoms with Crippen LogP contribution in [0, 0.1) is 5.92 Å². The summed E-state index contributed by atoms with van der Waals surface area (Å²) in [5.41, 5.74) is 1.81. The van der Waals surface area contributed by atoms with Crippen LogP contribution in [-0.4, -0.2) is 41.7 Å². The molecule has 1 aromatic carbocycles. The Morgan fingerprint density at radius 3 is 2.74 bits per heavy atom. The molecule has 1 atom stereocenters. The number of piperidine rings is 1. The fourth-order valence-corrected chi connectivity index (χ4v) is 3.09. The maximum atomic E-state index is 12.0. The zero-order chi connectivity index (χ0) is 16.7. The van der Waals surface area contributed by atoms with E-state index in [-0.39, 0.29) is 12.6 Å². The fourth-order valence-electron chi connectivity index (χ4n) is 3.09. The van der Waals surface area contributed by atoms with E-state index in [0.717, 1.165) is 30.8 Å². The number of likely N-dealkylation sites (tertiary alicyclic amines) is 1. The van der Waals surface area contributed by atoms with Crippen molar-refractivity contribution in [3.05, 3.63) is 35.4 Å². The molecule has 5 heteroatoms. The van der Waals surface area contributed by atoms with E-state index in [1.165, 1.54) is 12.8 Å². The molecule has 1 fully saturated rings. The van der Waals surface area contributed by atoms with Crippen LogP contribution in [0.4, 0.5) is 4.79 Å². The van der Waals surface area contributed by atoms with Gasteiger partial charge in [-0.1, -0.05) is 24.3 Å². The van der Waals surface area contributed by atoms with Crippen molar-refractivity contribution < 1.29 is 9.90 Å². The lowest BCUT2D eigenvalue weighted by atomic mass is 9.97. The van der Waals surface area contributed by atoms with Crippen molar-refractivity contribution in [2.24, 2.45) is 5.92 Å². The van der Waals surface area contributed by atoms with Gasteiger partial charge in [0.15, 0.2) is 0 Å². The normalized spacial score (nSPS) is 18.9. The molecular weight excluding hydrogens is 290 g/mol. The number of hydrogen-bond donors (Lipinski definition) is 3. The second kappa shape index (κ2) is 8.89. The van der Waals surface area contributed by atoms with Gasteiger partial charge < -0.3 is 20.6 Å². The summed E-state index contributed by atoms with van der Waals surface area (Å²) in [6, 6.07) is 8.03. The van der Waals surface area contributed by atoms with Gasteiger partial charge in [0.2, 0.25) is 0 Å². The molecule has 0 bridgehead atoms. The highest BCUT2D eigenvalue weighted by Crippen LogP contribution is 2.17. The average Bonchev–Trinajstić information content (AvgIpc) is 2.58. The van der Waals surface area contributed by atoms with Gasteiger partial charge in [-0.25, -0.2) is 4.79 Å². The lowest BCUT2D eigenvalue weighted by Gasteiger charge is -2.35. The molecule has 1 unspecified atom stereocenters. The summed E-state index contributed by atoms with van der Waals surface area (Å²) < 4.78 is 0. The molecule has 0 radical (unpaired) electrons. The van der Waals surface area contributed by atoms with E-state index >= 15 is 0 Å². The van der Waals surface area contributed by atoms with E-state index in [1.54, 1.807) is 0 Å². The number of hydrogen-bond acceptors (Lipinski definition) is 3. The highest BCUT2D eigenvalue weighted by atomic mass is 16.3. The van der Waals surface area contributed by atoms with Crippen molar-refractivity contribution in [1.82, 2.24) is 15.5 Å².